The number of rotatable bonds is 7. The summed E-state index contributed by atoms with van der Waals surface area (Å²) in [7, 11) is 3.08. The number of nitrogens with two attached hydrogens (primary N) is 1. The summed E-state index contributed by atoms with van der Waals surface area (Å²) in [5, 5.41) is 0. The summed E-state index contributed by atoms with van der Waals surface area (Å²) in [5.41, 5.74) is 8.15. The molecule has 1 amide bonds. The number of carbonyl (C=O) groups excluding carboxylic acids is 2. The molecule has 1 aliphatic heterocycles. The average Bonchev–Trinajstić information content (AvgIpc) is 3.27. The Morgan fingerprint density at radius 2 is 1.87 bits per heavy atom. The van der Waals surface area contributed by atoms with E-state index in [1.807, 2.05) is 18.2 Å². The molecule has 2 unspecified atom stereocenters. The molecule has 2 atom stereocenters. The highest BCUT2D eigenvalue weighted by Gasteiger charge is 2.37. The average molecular weight is 421 g/mol. The van der Waals surface area contributed by atoms with Gasteiger partial charge < -0.3 is 24.7 Å². The van der Waals surface area contributed by atoms with Gasteiger partial charge in [0.25, 0.3) is 0 Å². The molecule has 0 saturated heterocycles. The van der Waals surface area contributed by atoms with Gasteiger partial charge in [0.05, 0.1) is 32.3 Å². The second-order valence-corrected chi connectivity index (χ2v) is 7.31. The molecule has 7 nitrogen and oxygen atoms in total. The van der Waals surface area contributed by atoms with Crippen molar-refractivity contribution in [2.75, 3.05) is 20.8 Å². The minimum Gasteiger partial charge on any atom is -0.500 e. The molecule has 0 aromatic heterocycles. The fourth-order valence-electron chi connectivity index (χ4n) is 3.83. The summed E-state index contributed by atoms with van der Waals surface area (Å²) in [6.07, 6.45) is 5.42. The maximum atomic E-state index is 13.1. The van der Waals surface area contributed by atoms with Gasteiger partial charge in [-0.25, -0.2) is 0 Å². The van der Waals surface area contributed by atoms with Crippen LogP contribution in [0.3, 0.4) is 0 Å². The molecule has 0 spiro atoms. The highest BCUT2D eigenvalue weighted by molar-refractivity contribution is 5.95. The van der Waals surface area contributed by atoms with Gasteiger partial charge in [-0.05, 0) is 23.8 Å². The highest BCUT2D eigenvalue weighted by atomic mass is 16.5. The largest absolute Gasteiger partial charge is 0.500 e. The van der Waals surface area contributed by atoms with E-state index >= 15 is 0 Å². The lowest BCUT2D eigenvalue weighted by Crippen LogP contribution is -2.26. The number of ether oxygens (including phenoxy) is 4. The normalized spacial score (nSPS) is 19.3. The van der Waals surface area contributed by atoms with E-state index in [9.17, 15) is 9.59 Å². The maximum absolute atomic E-state index is 13.1. The first-order valence-corrected chi connectivity index (χ1v) is 9.83. The van der Waals surface area contributed by atoms with Gasteiger partial charge in [-0.1, -0.05) is 30.4 Å². The Kier molecular flexibility index (Phi) is 5.66. The Morgan fingerprint density at radius 1 is 1.10 bits per heavy atom. The quantitative estimate of drug-likeness (QED) is 0.738. The lowest BCUT2D eigenvalue weighted by Gasteiger charge is -2.25. The van der Waals surface area contributed by atoms with Crippen LogP contribution in [0.25, 0.3) is 0 Å². The number of Topliss-reactive ketones (excluding diaryl/α,β-unsaturated/α-hetero) is 1. The first-order chi connectivity index (χ1) is 15.0. The molecule has 0 radical (unpaired) electrons. The second-order valence-electron chi connectivity index (χ2n) is 7.31. The van der Waals surface area contributed by atoms with Gasteiger partial charge in [0.2, 0.25) is 11.7 Å². The summed E-state index contributed by atoms with van der Waals surface area (Å²) in [6.45, 7) is 0.575. The third-order valence-electron chi connectivity index (χ3n) is 5.50. The molecule has 2 aromatic rings. The van der Waals surface area contributed by atoms with Crippen LogP contribution in [0.1, 0.15) is 27.4 Å². The number of carbonyl (C=O) groups is 2. The summed E-state index contributed by atoms with van der Waals surface area (Å²) in [5.74, 6) is 0.180. The first-order valence-electron chi connectivity index (χ1n) is 9.83. The number of benzene rings is 2. The van der Waals surface area contributed by atoms with E-state index in [2.05, 4.69) is 0 Å². The molecule has 0 saturated carbocycles. The molecular formula is C24H23NO6. The molecule has 4 rings (SSSR count). The Hall–Kier alpha value is -3.74. The fourth-order valence-corrected chi connectivity index (χ4v) is 3.83. The second kappa shape index (κ2) is 8.55. The van der Waals surface area contributed by atoms with Crippen LogP contribution in [0.2, 0.25) is 0 Å². The zero-order chi connectivity index (χ0) is 22.0. The monoisotopic (exact) mass is 421 g/mol. The summed E-state index contributed by atoms with van der Waals surface area (Å²) < 4.78 is 22.5. The Morgan fingerprint density at radius 3 is 2.55 bits per heavy atom. The third-order valence-corrected chi connectivity index (χ3v) is 5.50. The summed E-state index contributed by atoms with van der Waals surface area (Å²) in [4.78, 5) is 24.3. The molecule has 1 aliphatic carbocycles. The van der Waals surface area contributed by atoms with Crippen LogP contribution in [-0.4, -0.2) is 32.5 Å². The number of hydrogen-bond donors (Lipinski definition) is 1. The van der Waals surface area contributed by atoms with Crippen molar-refractivity contribution in [2.45, 2.75) is 12.5 Å². The number of fused-ring (bicyclic) bond motifs is 1. The number of ketones is 1. The first kappa shape index (κ1) is 20.5. The van der Waals surface area contributed by atoms with Gasteiger partial charge in [-0.15, -0.1) is 0 Å². The van der Waals surface area contributed by atoms with Crippen molar-refractivity contribution in [1.29, 1.82) is 0 Å². The van der Waals surface area contributed by atoms with Gasteiger partial charge in [0, 0.05) is 16.7 Å². The van der Waals surface area contributed by atoms with E-state index < -0.39 is 11.8 Å². The van der Waals surface area contributed by atoms with E-state index in [1.54, 1.807) is 43.7 Å². The zero-order valence-electron chi connectivity index (χ0n) is 17.3. The molecule has 2 aliphatic rings. The number of methoxy groups -OCH3 is 2. The van der Waals surface area contributed by atoms with Crippen molar-refractivity contribution in [2.24, 2.45) is 11.7 Å². The van der Waals surface area contributed by atoms with E-state index in [1.165, 1.54) is 7.11 Å². The topological polar surface area (TPSA) is 97.1 Å². The van der Waals surface area contributed by atoms with E-state index in [4.69, 9.17) is 24.7 Å². The van der Waals surface area contributed by atoms with Crippen LogP contribution in [0.4, 0.5) is 0 Å². The van der Waals surface area contributed by atoms with Gasteiger partial charge in [-0.3, -0.25) is 9.59 Å². The number of allylic oxidation sites excluding steroid dienone is 2. The molecule has 2 aromatic carbocycles. The van der Waals surface area contributed by atoms with Crippen molar-refractivity contribution < 1.29 is 28.5 Å². The highest BCUT2D eigenvalue weighted by Crippen LogP contribution is 2.46. The minimum atomic E-state index is -0.487. The van der Waals surface area contributed by atoms with Crippen LogP contribution in [-0.2, 0) is 16.1 Å². The van der Waals surface area contributed by atoms with Crippen molar-refractivity contribution in [3.63, 3.8) is 0 Å². The lowest BCUT2D eigenvalue weighted by atomic mass is 9.79. The van der Waals surface area contributed by atoms with Gasteiger partial charge in [-0.2, -0.15) is 0 Å². The van der Waals surface area contributed by atoms with Crippen molar-refractivity contribution in [1.82, 2.24) is 0 Å². The van der Waals surface area contributed by atoms with Gasteiger partial charge in [0.15, 0.2) is 17.3 Å². The predicted molar refractivity (Wildman–Crippen MR) is 113 cm³/mol. The van der Waals surface area contributed by atoms with Crippen LogP contribution in [0.5, 0.6) is 17.2 Å². The number of amides is 1. The Balaban J connectivity index is 1.64. The number of primary amides is 1. The Bertz CT molecular complexity index is 1070. The molecular weight excluding hydrogens is 398 g/mol. The molecule has 31 heavy (non-hydrogen) atoms. The fraction of sp³-hybridized carbons (Fsp3) is 0.250. The predicted octanol–water partition coefficient (Wildman–Crippen LogP) is 3.13. The van der Waals surface area contributed by atoms with Crippen molar-refractivity contribution in [3.8, 4) is 17.2 Å². The van der Waals surface area contributed by atoms with Crippen LogP contribution >= 0.6 is 0 Å². The summed E-state index contributed by atoms with van der Waals surface area (Å²) in [6, 6.07) is 10.4. The minimum absolute atomic E-state index is 0.0581. The van der Waals surface area contributed by atoms with E-state index in [0.717, 1.165) is 11.1 Å². The molecule has 0 fully saturated rings. The van der Waals surface area contributed by atoms with E-state index in [0.29, 0.717) is 35.0 Å². The van der Waals surface area contributed by atoms with Gasteiger partial charge in [0.1, 0.15) is 13.2 Å². The smallest absolute Gasteiger partial charge is 0.248 e. The van der Waals surface area contributed by atoms with Crippen molar-refractivity contribution in [3.05, 3.63) is 77.1 Å². The molecule has 2 N–H and O–H groups in total. The van der Waals surface area contributed by atoms with Crippen LogP contribution in [0.15, 0.2) is 60.4 Å². The van der Waals surface area contributed by atoms with Gasteiger partial charge >= 0.3 is 0 Å². The van der Waals surface area contributed by atoms with Crippen LogP contribution < -0.4 is 19.9 Å². The molecule has 0 bridgehead atoms. The summed E-state index contributed by atoms with van der Waals surface area (Å²) >= 11 is 0. The number of hydrogen-bond acceptors (Lipinski definition) is 6. The zero-order valence-corrected chi connectivity index (χ0v) is 17.3. The van der Waals surface area contributed by atoms with E-state index in [-0.39, 0.29) is 18.3 Å². The molecule has 7 heteroatoms. The third kappa shape index (κ3) is 3.86. The lowest BCUT2D eigenvalue weighted by molar-refractivity contribution is -0.122. The SMILES string of the molecule is COc1ccc(C2C=CC3=COCC3C2=O)c(OC)c1OCc1ccc(C(N)=O)cc1. The molecule has 1 heterocycles. The molecule has 160 valence electrons. The van der Waals surface area contributed by atoms with Crippen LogP contribution in [0, 0.1) is 5.92 Å². The Labute approximate surface area is 180 Å². The standard InChI is InChI=1S/C24H23NO6/c1-28-20-10-9-18(17-8-7-16-12-30-13-19(16)21(17)26)22(29-2)23(20)31-11-14-3-5-15(6-4-14)24(25)27/h3-10,12,17,19H,11,13H2,1-2H3,(H2,25,27). The van der Waals surface area contributed by atoms with Crippen molar-refractivity contribution >= 4 is 11.7 Å². The maximum Gasteiger partial charge on any atom is 0.248 e.